The van der Waals surface area contributed by atoms with Gasteiger partial charge in [0.05, 0.1) is 21.0 Å². The molecule has 0 saturated heterocycles. The summed E-state index contributed by atoms with van der Waals surface area (Å²) in [5.41, 5.74) is 0.423. The minimum Gasteiger partial charge on any atom is -0.456 e. The lowest BCUT2D eigenvalue weighted by Crippen LogP contribution is -1.91. The Bertz CT molecular complexity index is 726. The Hall–Kier alpha value is -1.91. The Kier molecular flexibility index (Phi) is 4.37. The summed E-state index contributed by atoms with van der Waals surface area (Å²) in [6, 6.07) is 11.1. The molecule has 2 aromatic rings. The summed E-state index contributed by atoms with van der Waals surface area (Å²) in [7, 11) is 0. The van der Waals surface area contributed by atoms with Crippen molar-refractivity contribution < 1.29 is 9.66 Å². The summed E-state index contributed by atoms with van der Waals surface area (Å²) >= 11 is 6.53. The lowest BCUT2D eigenvalue weighted by atomic mass is 10.2. The second-order valence-electron chi connectivity index (χ2n) is 3.73. The highest BCUT2D eigenvalue weighted by molar-refractivity contribution is 9.10. The van der Waals surface area contributed by atoms with E-state index in [4.69, 9.17) is 10.00 Å². The molecule has 100 valence electrons. The number of benzene rings is 2. The van der Waals surface area contributed by atoms with E-state index in [0.29, 0.717) is 26.0 Å². The molecular formula is C13H6Br2N2O3. The van der Waals surface area contributed by atoms with Crippen LogP contribution in [0, 0.1) is 21.4 Å². The number of nitriles is 1. The topological polar surface area (TPSA) is 76.2 Å². The normalized spacial score (nSPS) is 9.85. The second kappa shape index (κ2) is 6.03. The number of hydrogen-bond acceptors (Lipinski definition) is 4. The van der Waals surface area contributed by atoms with Crippen LogP contribution in [0.25, 0.3) is 0 Å². The smallest absolute Gasteiger partial charge is 0.273 e. The molecule has 5 nitrogen and oxygen atoms in total. The summed E-state index contributed by atoms with van der Waals surface area (Å²) in [5.74, 6) is 0.799. The van der Waals surface area contributed by atoms with Crippen LogP contribution in [0.1, 0.15) is 5.56 Å². The monoisotopic (exact) mass is 396 g/mol. The molecule has 0 aliphatic heterocycles. The standard InChI is InChI=1S/C13H6Br2N2O3/c14-11-4-2-9(17(18)19)5-13(11)20-10-3-1-8(7-16)12(15)6-10/h1-6H. The lowest BCUT2D eigenvalue weighted by molar-refractivity contribution is -0.384. The first-order valence-corrected chi connectivity index (χ1v) is 6.91. The Morgan fingerprint density at radius 2 is 1.90 bits per heavy atom. The van der Waals surface area contributed by atoms with Crippen molar-refractivity contribution in [3.8, 4) is 17.6 Å². The van der Waals surface area contributed by atoms with Crippen molar-refractivity contribution in [2.45, 2.75) is 0 Å². The highest BCUT2D eigenvalue weighted by atomic mass is 79.9. The zero-order valence-electron chi connectivity index (χ0n) is 9.84. The van der Waals surface area contributed by atoms with E-state index in [2.05, 4.69) is 31.9 Å². The SMILES string of the molecule is N#Cc1ccc(Oc2cc([N+](=O)[O-])ccc2Br)cc1Br. The summed E-state index contributed by atoms with van der Waals surface area (Å²) < 4.78 is 6.79. The van der Waals surface area contributed by atoms with Gasteiger partial charge in [-0.2, -0.15) is 5.26 Å². The van der Waals surface area contributed by atoms with Crippen molar-refractivity contribution in [1.29, 1.82) is 5.26 Å². The number of halogens is 2. The molecule has 0 radical (unpaired) electrons. The van der Waals surface area contributed by atoms with Crippen LogP contribution in [0.2, 0.25) is 0 Å². The van der Waals surface area contributed by atoms with Gasteiger partial charge in [0, 0.05) is 10.5 Å². The summed E-state index contributed by atoms with van der Waals surface area (Å²) in [5, 5.41) is 19.6. The molecule has 0 spiro atoms. The quantitative estimate of drug-likeness (QED) is 0.551. The van der Waals surface area contributed by atoms with Crippen molar-refractivity contribution >= 4 is 37.5 Å². The lowest BCUT2D eigenvalue weighted by Gasteiger charge is -2.08. The number of hydrogen-bond donors (Lipinski definition) is 0. The molecule has 0 unspecified atom stereocenters. The number of non-ortho nitro benzene ring substituents is 1. The second-order valence-corrected chi connectivity index (χ2v) is 5.44. The van der Waals surface area contributed by atoms with Gasteiger partial charge in [0.1, 0.15) is 17.6 Å². The van der Waals surface area contributed by atoms with Crippen LogP contribution in [0.3, 0.4) is 0 Å². The third-order valence-electron chi connectivity index (χ3n) is 2.41. The number of ether oxygens (including phenoxy) is 1. The molecule has 0 aliphatic carbocycles. The van der Waals surface area contributed by atoms with Gasteiger partial charge in [0.15, 0.2) is 0 Å². The molecule has 0 aliphatic rings. The van der Waals surface area contributed by atoms with Crippen LogP contribution in [-0.2, 0) is 0 Å². The Morgan fingerprint density at radius 1 is 1.15 bits per heavy atom. The molecule has 7 heteroatoms. The first kappa shape index (κ1) is 14.5. The highest BCUT2D eigenvalue weighted by Gasteiger charge is 2.12. The number of nitro groups is 1. The molecule has 2 aromatic carbocycles. The Balaban J connectivity index is 2.35. The van der Waals surface area contributed by atoms with Gasteiger partial charge in [-0.3, -0.25) is 10.1 Å². The summed E-state index contributed by atoms with van der Waals surface area (Å²) in [6.07, 6.45) is 0. The van der Waals surface area contributed by atoms with E-state index in [1.807, 2.05) is 6.07 Å². The van der Waals surface area contributed by atoms with Crippen molar-refractivity contribution in [3.63, 3.8) is 0 Å². The van der Waals surface area contributed by atoms with E-state index in [-0.39, 0.29) is 5.69 Å². The number of nitro benzene ring substituents is 1. The maximum absolute atomic E-state index is 10.7. The van der Waals surface area contributed by atoms with Crippen LogP contribution in [0.4, 0.5) is 5.69 Å². The fraction of sp³-hybridized carbons (Fsp3) is 0. The molecule has 0 fully saturated rings. The molecule has 0 bridgehead atoms. The molecule has 0 N–H and O–H groups in total. The van der Waals surface area contributed by atoms with Crippen LogP contribution in [-0.4, -0.2) is 4.92 Å². The van der Waals surface area contributed by atoms with Crippen LogP contribution in [0.5, 0.6) is 11.5 Å². The third-order valence-corrected chi connectivity index (χ3v) is 3.73. The van der Waals surface area contributed by atoms with E-state index in [1.54, 1.807) is 24.3 Å². The minimum absolute atomic E-state index is 0.0593. The molecule has 0 amide bonds. The Morgan fingerprint density at radius 3 is 2.50 bits per heavy atom. The van der Waals surface area contributed by atoms with Crippen LogP contribution >= 0.6 is 31.9 Å². The van der Waals surface area contributed by atoms with Crippen LogP contribution < -0.4 is 4.74 Å². The number of nitrogens with zero attached hydrogens (tertiary/aromatic N) is 2. The molecule has 0 heterocycles. The predicted octanol–water partition coefficient (Wildman–Crippen LogP) is 4.78. The predicted molar refractivity (Wildman–Crippen MR) is 79.7 cm³/mol. The van der Waals surface area contributed by atoms with Gasteiger partial charge in [-0.1, -0.05) is 0 Å². The van der Waals surface area contributed by atoms with E-state index in [0.717, 1.165) is 0 Å². The van der Waals surface area contributed by atoms with Gasteiger partial charge in [-0.15, -0.1) is 0 Å². The van der Waals surface area contributed by atoms with Crippen molar-refractivity contribution in [2.75, 3.05) is 0 Å². The molecule has 0 aromatic heterocycles. The zero-order valence-corrected chi connectivity index (χ0v) is 13.0. The van der Waals surface area contributed by atoms with E-state index in [9.17, 15) is 10.1 Å². The largest absolute Gasteiger partial charge is 0.456 e. The van der Waals surface area contributed by atoms with Crippen molar-refractivity contribution in [1.82, 2.24) is 0 Å². The summed E-state index contributed by atoms with van der Waals surface area (Å²) in [6.45, 7) is 0. The van der Waals surface area contributed by atoms with Crippen LogP contribution in [0.15, 0.2) is 45.3 Å². The zero-order chi connectivity index (χ0) is 14.7. The fourth-order valence-corrected chi connectivity index (χ4v) is 2.23. The van der Waals surface area contributed by atoms with Crippen molar-refractivity contribution in [2.24, 2.45) is 0 Å². The minimum atomic E-state index is -0.492. The molecule has 20 heavy (non-hydrogen) atoms. The Labute approximate surface area is 131 Å². The molecule has 0 atom stereocenters. The maximum atomic E-state index is 10.7. The highest BCUT2D eigenvalue weighted by Crippen LogP contribution is 2.34. The summed E-state index contributed by atoms with van der Waals surface area (Å²) in [4.78, 5) is 10.3. The van der Waals surface area contributed by atoms with Gasteiger partial charge in [-0.25, -0.2) is 0 Å². The van der Waals surface area contributed by atoms with Gasteiger partial charge in [0.25, 0.3) is 5.69 Å². The maximum Gasteiger partial charge on any atom is 0.273 e. The van der Waals surface area contributed by atoms with E-state index < -0.39 is 4.92 Å². The average Bonchev–Trinajstić information content (AvgIpc) is 2.41. The van der Waals surface area contributed by atoms with Gasteiger partial charge >= 0.3 is 0 Å². The van der Waals surface area contributed by atoms with E-state index >= 15 is 0 Å². The first-order chi connectivity index (χ1) is 9.51. The van der Waals surface area contributed by atoms with Gasteiger partial charge in [-0.05, 0) is 56.1 Å². The average molecular weight is 398 g/mol. The fourth-order valence-electron chi connectivity index (χ4n) is 1.46. The third kappa shape index (κ3) is 3.15. The molecule has 2 rings (SSSR count). The van der Waals surface area contributed by atoms with Gasteiger partial charge in [0.2, 0.25) is 0 Å². The molecule has 0 saturated carbocycles. The molecular weight excluding hydrogens is 392 g/mol. The van der Waals surface area contributed by atoms with E-state index in [1.165, 1.54) is 12.1 Å². The first-order valence-electron chi connectivity index (χ1n) is 5.32. The number of rotatable bonds is 3. The van der Waals surface area contributed by atoms with Crippen molar-refractivity contribution in [3.05, 3.63) is 61.0 Å². The van der Waals surface area contributed by atoms with Gasteiger partial charge < -0.3 is 4.74 Å².